The van der Waals surface area contributed by atoms with Crippen LogP contribution in [-0.4, -0.2) is 20.2 Å². The van der Waals surface area contributed by atoms with E-state index in [0.717, 1.165) is 18.8 Å². The fraction of sp³-hybridized carbons (Fsp3) is 0.857. The average molecular weight is 189 g/mol. The SMILES string of the molecule is CCCCCn1nnnc1CCl. The van der Waals surface area contributed by atoms with E-state index in [4.69, 9.17) is 11.6 Å². The summed E-state index contributed by atoms with van der Waals surface area (Å²) in [5.74, 6) is 1.15. The molecule has 0 bridgehead atoms. The lowest BCUT2D eigenvalue weighted by Gasteiger charge is -2.00. The van der Waals surface area contributed by atoms with Gasteiger partial charge < -0.3 is 0 Å². The second kappa shape index (κ2) is 5.09. The highest BCUT2D eigenvalue weighted by Crippen LogP contribution is 2.01. The Morgan fingerprint density at radius 2 is 2.25 bits per heavy atom. The van der Waals surface area contributed by atoms with Crippen molar-refractivity contribution in [2.75, 3.05) is 0 Å². The fourth-order valence-corrected chi connectivity index (χ4v) is 1.20. The van der Waals surface area contributed by atoms with Crippen LogP contribution in [0.5, 0.6) is 0 Å². The predicted octanol–water partition coefficient (Wildman–Crippen LogP) is 1.60. The second-order valence-electron chi connectivity index (χ2n) is 2.66. The molecular formula is C7H13ClN4. The van der Waals surface area contributed by atoms with Gasteiger partial charge in [0.05, 0.1) is 5.88 Å². The molecule has 0 fully saturated rings. The van der Waals surface area contributed by atoms with Crippen LogP contribution < -0.4 is 0 Å². The molecule has 1 aromatic rings. The molecule has 1 aromatic heterocycles. The molecule has 4 nitrogen and oxygen atoms in total. The van der Waals surface area contributed by atoms with Gasteiger partial charge in [-0.15, -0.1) is 16.7 Å². The molecule has 0 amide bonds. The van der Waals surface area contributed by atoms with Crippen LogP contribution >= 0.6 is 11.6 Å². The van der Waals surface area contributed by atoms with Crippen molar-refractivity contribution in [1.29, 1.82) is 0 Å². The van der Waals surface area contributed by atoms with Gasteiger partial charge in [-0.3, -0.25) is 0 Å². The highest BCUT2D eigenvalue weighted by atomic mass is 35.5. The Labute approximate surface area is 76.9 Å². The third kappa shape index (κ3) is 2.44. The summed E-state index contributed by atoms with van der Waals surface area (Å²) in [6.07, 6.45) is 3.53. The second-order valence-corrected chi connectivity index (χ2v) is 2.93. The number of tetrazole rings is 1. The van der Waals surface area contributed by atoms with E-state index >= 15 is 0 Å². The van der Waals surface area contributed by atoms with E-state index in [-0.39, 0.29) is 0 Å². The van der Waals surface area contributed by atoms with Crippen LogP contribution in [0.15, 0.2) is 0 Å². The van der Waals surface area contributed by atoms with Crippen molar-refractivity contribution in [3.05, 3.63) is 5.82 Å². The molecule has 1 rings (SSSR count). The van der Waals surface area contributed by atoms with Crippen LogP contribution in [0.2, 0.25) is 0 Å². The molecule has 0 aliphatic heterocycles. The van der Waals surface area contributed by atoms with Crippen LogP contribution in [0, 0.1) is 0 Å². The summed E-state index contributed by atoms with van der Waals surface area (Å²) in [6, 6.07) is 0. The first-order valence-corrected chi connectivity index (χ1v) is 4.73. The Bertz CT molecular complexity index is 223. The third-order valence-electron chi connectivity index (χ3n) is 1.70. The highest BCUT2D eigenvalue weighted by molar-refractivity contribution is 6.16. The van der Waals surface area contributed by atoms with Gasteiger partial charge in [0.1, 0.15) is 0 Å². The van der Waals surface area contributed by atoms with Crippen LogP contribution in [0.1, 0.15) is 32.0 Å². The number of hydrogen-bond donors (Lipinski definition) is 0. The average Bonchev–Trinajstić information content (AvgIpc) is 2.52. The molecular weight excluding hydrogens is 176 g/mol. The molecule has 5 heteroatoms. The van der Waals surface area contributed by atoms with Gasteiger partial charge in [0.25, 0.3) is 0 Å². The molecule has 0 saturated carbocycles. The lowest BCUT2D eigenvalue weighted by atomic mass is 10.2. The quantitative estimate of drug-likeness (QED) is 0.521. The van der Waals surface area contributed by atoms with Gasteiger partial charge in [0.15, 0.2) is 5.82 Å². The molecule has 0 atom stereocenters. The molecule has 1 heterocycles. The van der Waals surface area contributed by atoms with Crippen molar-refractivity contribution in [3.63, 3.8) is 0 Å². The first kappa shape index (κ1) is 9.45. The molecule has 0 saturated heterocycles. The Balaban J connectivity index is 2.39. The smallest absolute Gasteiger partial charge is 0.165 e. The normalized spacial score (nSPS) is 10.5. The summed E-state index contributed by atoms with van der Waals surface area (Å²) < 4.78 is 1.77. The first-order chi connectivity index (χ1) is 5.88. The van der Waals surface area contributed by atoms with Crippen molar-refractivity contribution in [2.45, 2.75) is 38.6 Å². The minimum absolute atomic E-state index is 0.388. The molecule has 12 heavy (non-hydrogen) atoms. The molecule has 0 spiro atoms. The van der Waals surface area contributed by atoms with Gasteiger partial charge in [-0.1, -0.05) is 19.8 Å². The van der Waals surface area contributed by atoms with E-state index in [1.165, 1.54) is 12.8 Å². The summed E-state index contributed by atoms with van der Waals surface area (Å²) in [4.78, 5) is 0. The molecule has 68 valence electrons. The summed E-state index contributed by atoms with van der Waals surface area (Å²) in [5.41, 5.74) is 0. The van der Waals surface area contributed by atoms with E-state index in [9.17, 15) is 0 Å². The summed E-state index contributed by atoms with van der Waals surface area (Å²) in [5, 5.41) is 11.2. The predicted molar refractivity (Wildman–Crippen MR) is 46.9 cm³/mol. The maximum absolute atomic E-state index is 5.62. The standard InChI is InChI=1S/C7H13ClN4/c1-2-3-4-5-12-7(6-8)9-10-11-12/h2-6H2,1H3. The maximum Gasteiger partial charge on any atom is 0.165 e. The zero-order valence-corrected chi connectivity index (χ0v) is 7.96. The van der Waals surface area contributed by atoms with E-state index in [0.29, 0.717) is 5.88 Å². The topological polar surface area (TPSA) is 43.6 Å². The van der Waals surface area contributed by atoms with E-state index < -0.39 is 0 Å². The van der Waals surface area contributed by atoms with Crippen LogP contribution in [0.3, 0.4) is 0 Å². The van der Waals surface area contributed by atoms with Crippen molar-refractivity contribution >= 4 is 11.6 Å². The zero-order valence-electron chi connectivity index (χ0n) is 7.20. The number of halogens is 1. The number of nitrogens with zero attached hydrogens (tertiary/aromatic N) is 4. The highest BCUT2D eigenvalue weighted by Gasteiger charge is 2.02. The Kier molecular flexibility index (Phi) is 4.00. The number of rotatable bonds is 5. The fourth-order valence-electron chi connectivity index (χ4n) is 1.00. The number of aryl methyl sites for hydroxylation is 1. The lowest BCUT2D eigenvalue weighted by molar-refractivity contribution is 0.526. The van der Waals surface area contributed by atoms with Gasteiger partial charge in [-0.05, 0) is 16.8 Å². The zero-order chi connectivity index (χ0) is 8.81. The van der Waals surface area contributed by atoms with Crippen LogP contribution in [0.25, 0.3) is 0 Å². The number of alkyl halides is 1. The van der Waals surface area contributed by atoms with E-state index in [2.05, 4.69) is 22.4 Å². The summed E-state index contributed by atoms with van der Waals surface area (Å²) in [7, 11) is 0. The van der Waals surface area contributed by atoms with Crippen molar-refractivity contribution in [2.24, 2.45) is 0 Å². The van der Waals surface area contributed by atoms with Gasteiger partial charge in [0, 0.05) is 6.54 Å². The van der Waals surface area contributed by atoms with Gasteiger partial charge in [-0.2, -0.15) is 0 Å². The maximum atomic E-state index is 5.62. The van der Waals surface area contributed by atoms with Gasteiger partial charge in [-0.25, -0.2) is 4.68 Å². The largest absolute Gasteiger partial charge is 0.228 e. The Morgan fingerprint density at radius 1 is 1.42 bits per heavy atom. The van der Waals surface area contributed by atoms with Crippen molar-refractivity contribution in [1.82, 2.24) is 20.2 Å². The third-order valence-corrected chi connectivity index (χ3v) is 1.94. The molecule has 0 N–H and O–H groups in total. The number of hydrogen-bond acceptors (Lipinski definition) is 3. The summed E-state index contributed by atoms with van der Waals surface area (Å²) in [6.45, 7) is 3.05. The minimum Gasteiger partial charge on any atom is -0.228 e. The molecule has 0 aromatic carbocycles. The van der Waals surface area contributed by atoms with Crippen molar-refractivity contribution in [3.8, 4) is 0 Å². The lowest BCUT2D eigenvalue weighted by Crippen LogP contribution is -2.04. The Morgan fingerprint density at radius 3 is 2.92 bits per heavy atom. The molecule has 0 aliphatic carbocycles. The number of unbranched alkanes of at least 4 members (excludes halogenated alkanes) is 2. The van der Waals surface area contributed by atoms with E-state index in [1.54, 1.807) is 4.68 Å². The minimum atomic E-state index is 0.388. The Hall–Kier alpha value is -0.640. The monoisotopic (exact) mass is 188 g/mol. The first-order valence-electron chi connectivity index (χ1n) is 4.19. The molecule has 0 aliphatic rings. The number of aromatic nitrogens is 4. The summed E-state index contributed by atoms with van der Waals surface area (Å²) >= 11 is 5.62. The molecule has 0 unspecified atom stereocenters. The van der Waals surface area contributed by atoms with Crippen LogP contribution in [0.4, 0.5) is 0 Å². The van der Waals surface area contributed by atoms with Gasteiger partial charge in [0.2, 0.25) is 0 Å². The van der Waals surface area contributed by atoms with Crippen LogP contribution in [-0.2, 0) is 12.4 Å². The van der Waals surface area contributed by atoms with Gasteiger partial charge >= 0.3 is 0 Å². The van der Waals surface area contributed by atoms with E-state index in [1.807, 2.05) is 0 Å². The van der Waals surface area contributed by atoms with Crippen molar-refractivity contribution < 1.29 is 0 Å². The molecule has 0 radical (unpaired) electrons.